The highest BCUT2D eigenvalue weighted by Crippen LogP contribution is 2.17. The molecule has 0 aliphatic rings. The second kappa shape index (κ2) is 3.76. The third kappa shape index (κ3) is 2.01. The molecule has 2 rings (SSSR count). The van der Waals surface area contributed by atoms with Crippen LogP contribution in [-0.2, 0) is 6.54 Å². The van der Waals surface area contributed by atoms with Crippen molar-refractivity contribution >= 4 is 5.95 Å². The zero-order chi connectivity index (χ0) is 10.8. The van der Waals surface area contributed by atoms with E-state index in [9.17, 15) is 0 Å². The Labute approximate surface area is 88.3 Å². The molecular weight excluding hydrogens is 190 g/mol. The van der Waals surface area contributed by atoms with Crippen molar-refractivity contribution in [2.24, 2.45) is 5.92 Å². The van der Waals surface area contributed by atoms with Crippen molar-refractivity contribution < 1.29 is 0 Å². The SMILES string of the molecule is CC(C)Cn1nccc1-c1cnc(N)[nH]1. The fraction of sp³-hybridized carbons (Fsp3) is 0.400. The third-order valence-electron chi connectivity index (χ3n) is 2.13. The van der Waals surface area contributed by atoms with Crippen molar-refractivity contribution in [3.05, 3.63) is 18.5 Å². The Kier molecular flexibility index (Phi) is 2.45. The summed E-state index contributed by atoms with van der Waals surface area (Å²) in [6.45, 7) is 5.21. The summed E-state index contributed by atoms with van der Waals surface area (Å²) in [7, 11) is 0. The minimum Gasteiger partial charge on any atom is -0.369 e. The summed E-state index contributed by atoms with van der Waals surface area (Å²) in [6.07, 6.45) is 3.51. The molecule has 0 aromatic carbocycles. The lowest BCUT2D eigenvalue weighted by atomic mass is 10.2. The first-order valence-corrected chi connectivity index (χ1v) is 4.99. The van der Waals surface area contributed by atoms with Crippen molar-refractivity contribution in [1.82, 2.24) is 19.7 Å². The summed E-state index contributed by atoms with van der Waals surface area (Å²) < 4.78 is 1.96. The molecule has 2 aromatic heterocycles. The lowest BCUT2D eigenvalue weighted by Gasteiger charge is -2.08. The molecule has 5 nitrogen and oxygen atoms in total. The van der Waals surface area contributed by atoms with Gasteiger partial charge in [-0.1, -0.05) is 13.8 Å². The molecule has 0 aliphatic carbocycles. The van der Waals surface area contributed by atoms with Crippen LogP contribution in [0.25, 0.3) is 11.4 Å². The molecule has 2 heterocycles. The molecule has 0 unspecified atom stereocenters. The van der Waals surface area contributed by atoms with E-state index in [4.69, 9.17) is 5.73 Å². The molecule has 0 fully saturated rings. The molecule has 5 heteroatoms. The van der Waals surface area contributed by atoms with E-state index >= 15 is 0 Å². The zero-order valence-electron chi connectivity index (χ0n) is 8.94. The highest BCUT2D eigenvalue weighted by atomic mass is 15.3. The van der Waals surface area contributed by atoms with E-state index in [1.807, 2.05) is 10.7 Å². The Morgan fingerprint density at radius 3 is 2.93 bits per heavy atom. The van der Waals surface area contributed by atoms with Gasteiger partial charge >= 0.3 is 0 Å². The predicted molar refractivity (Wildman–Crippen MR) is 59.1 cm³/mol. The van der Waals surface area contributed by atoms with Crippen molar-refractivity contribution in [3.63, 3.8) is 0 Å². The van der Waals surface area contributed by atoms with Crippen molar-refractivity contribution in [1.29, 1.82) is 0 Å². The number of hydrogen-bond donors (Lipinski definition) is 2. The summed E-state index contributed by atoms with van der Waals surface area (Å²) in [4.78, 5) is 6.97. The van der Waals surface area contributed by atoms with Gasteiger partial charge in [0.25, 0.3) is 0 Å². The first kappa shape index (κ1) is 9.76. The summed E-state index contributed by atoms with van der Waals surface area (Å²) in [6, 6.07) is 1.95. The van der Waals surface area contributed by atoms with Gasteiger partial charge in [-0.05, 0) is 12.0 Å². The van der Waals surface area contributed by atoms with E-state index < -0.39 is 0 Å². The lowest BCUT2D eigenvalue weighted by Crippen LogP contribution is -2.07. The van der Waals surface area contributed by atoms with Crippen LogP contribution in [0.1, 0.15) is 13.8 Å². The maximum atomic E-state index is 5.54. The second-order valence-corrected chi connectivity index (χ2v) is 3.97. The average molecular weight is 205 g/mol. The van der Waals surface area contributed by atoms with Crippen LogP contribution >= 0.6 is 0 Å². The number of aromatic nitrogens is 4. The van der Waals surface area contributed by atoms with Gasteiger partial charge < -0.3 is 10.7 Å². The van der Waals surface area contributed by atoms with Gasteiger partial charge in [0.1, 0.15) is 0 Å². The summed E-state index contributed by atoms with van der Waals surface area (Å²) in [5.74, 6) is 0.992. The predicted octanol–water partition coefficient (Wildman–Crippen LogP) is 1.51. The Morgan fingerprint density at radius 1 is 1.53 bits per heavy atom. The zero-order valence-corrected chi connectivity index (χ0v) is 8.94. The van der Waals surface area contributed by atoms with E-state index in [1.165, 1.54) is 0 Å². The molecule has 3 N–H and O–H groups in total. The monoisotopic (exact) mass is 205 g/mol. The molecular formula is C10H15N5. The van der Waals surface area contributed by atoms with Gasteiger partial charge in [-0.15, -0.1) is 0 Å². The van der Waals surface area contributed by atoms with Crippen LogP contribution in [-0.4, -0.2) is 19.7 Å². The minimum absolute atomic E-state index is 0.433. The Balaban J connectivity index is 2.32. The quantitative estimate of drug-likeness (QED) is 0.797. The fourth-order valence-corrected chi connectivity index (χ4v) is 1.52. The largest absolute Gasteiger partial charge is 0.369 e. The van der Waals surface area contributed by atoms with Crippen LogP contribution in [0.15, 0.2) is 18.5 Å². The van der Waals surface area contributed by atoms with Gasteiger partial charge in [0.2, 0.25) is 0 Å². The number of nitrogens with zero attached hydrogens (tertiary/aromatic N) is 3. The highest BCUT2D eigenvalue weighted by Gasteiger charge is 2.08. The van der Waals surface area contributed by atoms with Gasteiger partial charge in [0, 0.05) is 12.7 Å². The van der Waals surface area contributed by atoms with E-state index in [1.54, 1.807) is 12.4 Å². The van der Waals surface area contributed by atoms with Crippen molar-refractivity contribution in [3.8, 4) is 11.4 Å². The number of rotatable bonds is 3. The Morgan fingerprint density at radius 2 is 2.33 bits per heavy atom. The topological polar surface area (TPSA) is 72.5 Å². The molecule has 2 aromatic rings. The number of anilines is 1. The van der Waals surface area contributed by atoms with Gasteiger partial charge in [0.15, 0.2) is 5.95 Å². The molecule has 0 atom stereocenters. The van der Waals surface area contributed by atoms with Crippen LogP contribution in [0.4, 0.5) is 5.95 Å². The fourth-order valence-electron chi connectivity index (χ4n) is 1.52. The van der Waals surface area contributed by atoms with Crippen LogP contribution < -0.4 is 5.73 Å². The highest BCUT2D eigenvalue weighted by molar-refractivity contribution is 5.55. The molecule has 0 spiro atoms. The molecule has 80 valence electrons. The smallest absolute Gasteiger partial charge is 0.197 e. The average Bonchev–Trinajstić information content (AvgIpc) is 2.72. The summed E-state index contributed by atoms with van der Waals surface area (Å²) in [5.41, 5.74) is 7.47. The molecule has 0 saturated carbocycles. The van der Waals surface area contributed by atoms with Crippen LogP contribution in [0.3, 0.4) is 0 Å². The summed E-state index contributed by atoms with van der Waals surface area (Å²) in [5, 5.41) is 4.27. The molecule has 0 aliphatic heterocycles. The van der Waals surface area contributed by atoms with Crippen molar-refractivity contribution in [2.45, 2.75) is 20.4 Å². The van der Waals surface area contributed by atoms with Crippen LogP contribution in [0.2, 0.25) is 0 Å². The lowest BCUT2D eigenvalue weighted by molar-refractivity contribution is 0.487. The van der Waals surface area contributed by atoms with Crippen LogP contribution in [0.5, 0.6) is 0 Å². The molecule has 0 radical (unpaired) electrons. The number of hydrogen-bond acceptors (Lipinski definition) is 3. The van der Waals surface area contributed by atoms with Crippen molar-refractivity contribution in [2.75, 3.05) is 5.73 Å². The van der Waals surface area contributed by atoms with Gasteiger partial charge in [0.05, 0.1) is 17.6 Å². The van der Waals surface area contributed by atoms with E-state index in [2.05, 4.69) is 28.9 Å². The molecule has 0 bridgehead atoms. The van der Waals surface area contributed by atoms with E-state index in [0.29, 0.717) is 11.9 Å². The first-order valence-electron chi connectivity index (χ1n) is 4.99. The maximum absolute atomic E-state index is 5.54. The number of nitrogen functional groups attached to an aromatic ring is 1. The number of H-pyrrole nitrogens is 1. The Bertz CT molecular complexity index is 440. The van der Waals surface area contributed by atoms with Crippen LogP contribution in [0, 0.1) is 5.92 Å². The number of aromatic amines is 1. The number of nitrogens with two attached hydrogens (primary N) is 1. The maximum Gasteiger partial charge on any atom is 0.197 e. The number of imidazole rings is 1. The molecule has 0 saturated heterocycles. The minimum atomic E-state index is 0.433. The Hall–Kier alpha value is -1.78. The van der Waals surface area contributed by atoms with Gasteiger partial charge in [-0.25, -0.2) is 4.98 Å². The van der Waals surface area contributed by atoms with E-state index in [-0.39, 0.29) is 0 Å². The van der Waals surface area contributed by atoms with E-state index in [0.717, 1.165) is 17.9 Å². The standard InChI is InChI=1S/C10H15N5/c1-7(2)6-15-9(3-4-13-15)8-5-12-10(11)14-8/h3-5,7H,6H2,1-2H3,(H3,11,12,14). The second-order valence-electron chi connectivity index (χ2n) is 3.97. The summed E-state index contributed by atoms with van der Waals surface area (Å²) >= 11 is 0. The normalized spacial score (nSPS) is 11.1. The molecule has 15 heavy (non-hydrogen) atoms. The first-order chi connectivity index (χ1) is 7.16. The van der Waals surface area contributed by atoms with Gasteiger partial charge in [-0.3, -0.25) is 4.68 Å². The third-order valence-corrected chi connectivity index (χ3v) is 2.13. The van der Waals surface area contributed by atoms with Gasteiger partial charge in [-0.2, -0.15) is 5.10 Å². The molecule has 0 amide bonds. The number of nitrogens with one attached hydrogen (secondary N) is 1.